The van der Waals surface area contributed by atoms with Crippen molar-refractivity contribution in [1.82, 2.24) is 10.9 Å². The van der Waals surface area contributed by atoms with Gasteiger partial charge in [-0.05, 0) is 67.6 Å². The van der Waals surface area contributed by atoms with Crippen LogP contribution in [0.5, 0.6) is 17.2 Å². The number of carbonyl (C=O) groups is 2. The highest BCUT2D eigenvalue weighted by Gasteiger charge is 2.30. The third-order valence-corrected chi connectivity index (χ3v) is 4.26. The van der Waals surface area contributed by atoms with Gasteiger partial charge in [-0.3, -0.25) is 20.4 Å². The number of halogens is 3. The Labute approximate surface area is 181 Å². The van der Waals surface area contributed by atoms with Gasteiger partial charge in [-0.2, -0.15) is 13.2 Å². The van der Waals surface area contributed by atoms with E-state index in [4.69, 9.17) is 9.47 Å². The molecule has 6 nitrogen and oxygen atoms in total. The summed E-state index contributed by atoms with van der Waals surface area (Å²) in [6, 6.07) is 18.9. The molecule has 32 heavy (non-hydrogen) atoms. The monoisotopic (exact) mass is 444 g/mol. The van der Waals surface area contributed by atoms with E-state index in [0.29, 0.717) is 17.1 Å². The minimum Gasteiger partial charge on any atom is -0.481 e. The van der Waals surface area contributed by atoms with Crippen LogP contribution in [-0.2, 0) is 11.0 Å². The van der Waals surface area contributed by atoms with Gasteiger partial charge in [-0.1, -0.05) is 18.2 Å². The third-order valence-electron chi connectivity index (χ3n) is 4.26. The lowest BCUT2D eigenvalue weighted by molar-refractivity contribution is -0.137. The average Bonchev–Trinajstić information content (AvgIpc) is 2.79. The molecule has 0 radical (unpaired) electrons. The standard InChI is InChI=1S/C23H19F3N2O4/c1-15(21(29)27-28-22(30)16-5-3-2-4-6-16)31-18-11-13-20(14-12-18)32-19-9-7-17(8-10-19)23(24,25)26/h2-15H,1H3,(H,27,29)(H,28,30)/t15-/m1/s1. The summed E-state index contributed by atoms with van der Waals surface area (Å²) in [5.74, 6) is -0.0324. The molecular weight excluding hydrogens is 425 g/mol. The molecule has 0 heterocycles. The predicted octanol–water partition coefficient (Wildman–Crippen LogP) is 4.73. The van der Waals surface area contributed by atoms with Crippen molar-refractivity contribution in [3.63, 3.8) is 0 Å². The summed E-state index contributed by atoms with van der Waals surface area (Å²) in [6.45, 7) is 1.51. The zero-order valence-corrected chi connectivity index (χ0v) is 16.8. The van der Waals surface area contributed by atoms with E-state index in [9.17, 15) is 22.8 Å². The Hall–Kier alpha value is -4.01. The summed E-state index contributed by atoms with van der Waals surface area (Å²) in [7, 11) is 0. The number of rotatable bonds is 6. The summed E-state index contributed by atoms with van der Waals surface area (Å²) >= 11 is 0. The van der Waals surface area contributed by atoms with Crippen molar-refractivity contribution >= 4 is 11.8 Å². The number of amides is 2. The Morgan fingerprint density at radius 3 is 1.88 bits per heavy atom. The largest absolute Gasteiger partial charge is 0.481 e. The Kier molecular flexibility index (Phi) is 6.99. The Morgan fingerprint density at radius 2 is 1.31 bits per heavy atom. The van der Waals surface area contributed by atoms with Gasteiger partial charge in [0.15, 0.2) is 6.10 Å². The minimum atomic E-state index is -4.41. The maximum Gasteiger partial charge on any atom is 0.416 e. The van der Waals surface area contributed by atoms with E-state index < -0.39 is 29.7 Å². The molecule has 0 aromatic heterocycles. The summed E-state index contributed by atoms with van der Waals surface area (Å²) in [5.41, 5.74) is 4.23. The first-order valence-corrected chi connectivity index (χ1v) is 9.49. The molecule has 3 aromatic rings. The van der Waals surface area contributed by atoms with Crippen molar-refractivity contribution in [2.45, 2.75) is 19.2 Å². The molecule has 3 aromatic carbocycles. The maximum absolute atomic E-state index is 12.6. The first kappa shape index (κ1) is 22.7. The van der Waals surface area contributed by atoms with Crippen LogP contribution in [0.15, 0.2) is 78.9 Å². The second-order valence-corrected chi connectivity index (χ2v) is 6.67. The fraction of sp³-hybridized carbons (Fsp3) is 0.130. The second-order valence-electron chi connectivity index (χ2n) is 6.67. The van der Waals surface area contributed by atoms with E-state index in [1.54, 1.807) is 54.6 Å². The van der Waals surface area contributed by atoms with Crippen LogP contribution in [0, 0.1) is 0 Å². The molecule has 0 spiro atoms. The number of ether oxygens (including phenoxy) is 2. The van der Waals surface area contributed by atoms with Crippen LogP contribution in [0.25, 0.3) is 0 Å². The Bertz CT molecular complexity index is 1050. The predicted molar refractivity (Wildman–Crippen MR) is 110 cm³/mol. The maximum atomic E-state index is 12.6. The summed E-state index contributed by atoms with van der Waals surface area (Å²) in [4.78, 5) is 24.1. The highest BCUT2D eigenvalue weighted by Crippen LogP contribution is 2.31. The van der Waals surface area contributed by atoms with Gasteiger partial charge in [0, 0.05) is 5.56 Å². The fourth-order valence-electron chi connectivity index (χ4n) is 2.57. The molecule has 1 atom stereocenters. The molecule has 0 bridgehead atoms. The van der Waals surface area contributed by atoms with Gasteiger partial charge in [0.1, 0.15) is 17.2 Å². The highest BCUT2D eigenvalue weighted by molar-refractivity contribution is 5.95. The van der Waals surface area contributed by atoms with Crippen molar-refractivity contribution in [3.05, 3.63) is 90.0 Å². The van der Waals surface area contributed by atoms with Gasteiger partial charge < -0.3 is 9.47 Å². The third kappa shape index (κ3) is 6.24. The van der Waals surface area contributed by atoms with Crippen molar-refractivity contribution in [2.24, 2.45) is 0 Å². The van der Waals surface area contributed by atoms with Crippen molar-refractivity contribution < 1.29 is 32.2 Å². The van der Waals surface area contributed by atoms with Gasteiger partial charge in [0.05, 0.1) is 5.56 Å². The zero-order valence-electron chi connectivity index (χ0n) is 16.8. The molecular formula is C23H19F3N2O4. The lowest BCUT2D eigenvalue weighted by Gasteiger charge is -2.15. The smallest absolute Gasteiger partial charge is 0.416 e. The first-order chi connectivity index (χ1) is 15.2. The average molecular weight is 444 g/mol. The summed E-state index contributed by atoms with van der Waals surface area (Å²) < 4.78 is 48.9. The van der Waals surface area contributed by atoms with Gasteiger partial charge in [-0.25, -0.2) is 0 Å². The van der Waals surface area contributed by atoms with Crippen LogP contribution < -0.4 is 20.3 Å². The Morgan fingerprint density at radius 1 is 0.781 bits per heavy atom. The molecule has 0 aliphatic carbocycles. The van der Waals surface area contributed by atoms with Crippen LogP contribution in [-0.4, -0.2) is 17.9 Å². The molecule has 2 N–H and O–H groups in total. The van der Waals surface area contributed by atoms with E-state index in [2.05, 4.69) is 10.9 Å². The van der Waals surface area contributed by atoms with Crippen LogP contribution in [0.4, 0.5) is 13.2 Å². The molecule has 0 unspecified atom stereocenters. The van der Waals surface area contributed by atoms with Crippen LogP contribution in [0.3, 0.4) is 0 Å². The molecule has 0 fully saturated rings. The van der Waals surface area contributed by atoms with Crippen molar-refractivity contribution in [3.8, 4) is 17.2 Å². The summed E-state index contributed by atoms with van der Waals surface area (Å²) in [5, 5.41) is 0. The highest BCUT2D eigenvalue weighted by atomic mass is 19.4. The first-order valence-electron chi connectivity index (χ1n) is 9.49. The van der Waals surface area contributed by atoms with E-state index >= 15 is 0 Å². The number of hydrazine groups is 1. The molecule has 0 saturated carbocycles. The SMILES string of the molecule is C[C@@H](Oc1ccc(Oc2ccc(C(F)(F)F)cc2)cc1)C(=O)NNC(=O)c1ccccc1. The van der Waals surface area contributed by atoms with Crippen molar-refractivity contribution in [1.29, 1.82) is 0 Å². The lowest BCUT2D eigenvalue weighted by Crippen LogP contribution is -2.47. The van der Waals surface area contributed by atoms with E-state index in [-0.39, 0.29) is 5.75 Å². The van der Waals surface area contributed by atoms with Gasteiger partial charge >= 0.3 is 6.18 Å². The van der Waals surface area contributed by atoms with E-state index in [0.717, 1.165) is 12.1 Å². The molecule has 0 saturated heterocycles. The van der Waals surface area contributed by atoms with Crippen LogP contribution in [0.2, 0.25) is 0 Å². The number of hydrogen-bond acceptors (Lipinski definition) is 4. The van der Waals surface area contributed by atoms with Gasteiger partial charge in [0.25, 0.3) is 11.8 Å². The van der Waals surface area contributed by atoms with E-state index in [1.165, 1.54) is 19.1 Å². The number of alkyl halides is 3. The molecule has 3 rings (SSSR count). The van der Waals surface area contributed by atoms with Crippen LogP contribution in [0.1, 0.15) is 22.8 Å². The van der Waals surface area contributed by atoms with E-state index in [1.807, 2.05) is 0 Å². The molecule has 0 aliphatic heterocycles. The molecule has 2 amide bonds. The number of hydrogen-bond donors (Lipinski definition) is 2. The molecule has 0 aliphatic rings. The lowest BCUT2D eigenvalue weighted by atomic mass is 10.2. The fourth-order valence-corrected chi connectivity index (χ4v) is 2.57. The quantitative estimate of drug-likeness (QED) is 0.539. The Balaban J connectivity index is 1.50. The zero-order chi connectivity index (χ0) is 23.1. The summed E-state index contributed by atoms with van der Waals surface area (Å²) in [6.07, 6.45) is -5.32. The normalized spacial score (nSPS) is 11.9. The topological polar surface area (TPSA) is 76.7 Å². The second kappa shape index (κ2) is 9.86. The van der Waals surface area contributed by atoms with Crippen molar-refractivity contribution in [2.75, 3.05) is 0 Å². The number of carbonyl (C=O) groups excluding carboxylic acids is 2. The molecule has 166 valence electrons. The molecule has 9 heteroatoms. The minimum absolute atomic E-state index is 0.244. The number of nitrogens with one attached hydrogen (secondary N) is 2. The van der Waals surface area contributed by atoms with Gasteiger partial charge in [-0.15, -0.1) is 0 Å². The van der Waals surface area contributed by atoms with Gasteiger partial charge in [0.2, 0.25) is 0 Å². The number of benzene rings is 3. The van der Waals surface area contributed by atoms with Crippen LogP contribution >= 0.6 is 0 Å².